The van der Waals surface area contributed by atoms with Crippen molar-refractivity contribution in [1.82, 2.24) is 4.98 Å². The maximum atomic E-state index is 5.04. The minimum absolute atomic E-state index is 0.193. The Labute approximate surface area is 219 Å². The van der Waals surface area contributed by atoms with E-state index < -0.39 is 0 Å². The Morgan fingerprint density at radius 2 is 1.53 bits per heavy atom. The van der Waals surface area contributed by atoms with Crippen molar-refractivity contribution < 1.29 is 0 Å². The number of rotatable bonds is 2. The fourth-order valence-electron chi connectivity index (χ4n) is 5.90. The molecule has 4 aromatic carbocycles. The van der Waals surface area contributed by atoms with Crippen LogP contribution in [0.2, 0.25) is 0 Å². The number of aryl methyl sites for hydroxylation is 1. The van der Waals surface area contributed by atoms with Crippen LogP contribution in [0.5, 0.6) is 0 Å². The average molecular weight is 490 g/mol. The molecule has 5 aromatic rings. The highest BCUT2D eigenvalue weighted by Crippen LogP contribution is 2.52. The van der Waals surface area contributed by atoms with Gasteiger partial charge in [-0.25, -0.2) is 0 Å². The Morgan fingerprint density at radius 3 is 2.28 bits per heavy atom. The fourth-order valence-corrected chi connectivity index (χ4v) is 7.18. The second-order valence-electron chi connectivity index (χ2n) is 13.0. The molecule has 2 heteroatoms. The number of aromatic nitrogens is 1. The molecule has 182 valence electrons. The van der Waals surface area contributed by atoms with Crippen LogP contribution in [0.3, 0.4) is 0 Å². The van der Waals surface area contributed by atoms with E-state index in [9.17, 15) is 0 Å². The summed E-state index contributed by atoms with van der Waals surface area (Å²) in [7, 11) is 0. The smallest absolute Gasteiger partial charge is 0.0803 e. The summed E-state index contributed by atoms with van der Waals surface area (Å²) in [6.07, 6.45) is 4.12. The van der Waals surface area contributed by atoms with Crippen molar-refractivity contribution in [3.05, 3.63) is 77.5 Å². The van der Waals surface area contributed by atoms with Gasteiger partial charge in [0.1, 0.15) is 0 Å². The molecular weight excluding hydrogens is 454 g/mol. The van der Waals surface area contributed by atoms with Crippen LogP contribution in [-0.2, 0) is 12.8 Å². The van der Waals surface area contributed by atoms with Crippen LogP contribution in [0.25, 0.3) is 43.6 Å². The van der Waals surface area contributed by atoms with Crippen molar-refractivity contribution in [3.8, 4) is 11.3 Å². The number of hydrogen-bond acceptors (Lipinski definition) is 2. The van der Waals surface area contributed by atoms with E-state index in [-0.39, 0.29) is 10.8 Å². The Morgan fingerprint density at radius 1 is 0.750 bits per heavy atom. The van der Waals surface area contributed by atoms with Crippen molar-refractivity contribution in [2.45, 2.75) is 71.1 Å². The summed E-state index contributed by atoms with van der Waals surface area (Å²) in [5.74, 6) is 0. The maximum absolute atomic E-state index is 5.04. The number of pyridine rings is 1. The zero-order chi connectivity index (χ0) is 25.4. The Kier molecular flexibility index (Phi) is 5.29. The lowest BCUT2D eigenvalue weighted by Crippen LogP contribution is -2.12. The third kappa shape index (κ3) is 4.00. The first kappa shape index (κ1) is 23.6. The monoisotopic (exact) mass is 489 g/mol. The van der Waals surface area contributed by atoms with E-state index in [1.165, 1.54) is 64.4 Å². The zero-order valence-corrected chi connectivity index (χ0v) is 23.4. The Bertz CT molecular complexity index is 1680. The van der Waals surface area contributed by atoms with E-state index in [0.717, 1.165) is 18.5 Å². The molecule has 0 bridgehead atoms. The molecule has 0 amide bonds. The molecule has 2 heterocycles. The van der Waals surface area contributed by atoms with E-state index in [1.54, 1.807) is 0 Å². The average Bonchev–Trinajstić information content (AvgIpc) is 2.77. The van der Waals surface area contributed by atoms with Gasteiger partial charge >= 0.3 is 0 Å². The molecule has 0 aliphatic carbocycles. The number of benzene rings is 4. The first-order valence-corrected chi connectivity index (χ1v) is 13.9. The summed E-state index contributed by atoms with van der Waals surface area (Å²) in [5, 5.41) is 8.09. The molecular formula is C34H35NS. The minimum Gasteiger partial charge on any atom is -0.256 e. The normalized spacial score (nSPS) is 13.5. The molecule has 1 aliphatic rings. The lowest BCUT2D eigenvalue weighted by atomic mass is 9.83. The summed E-state index contributed by atoms with van der Waals surface area (Å²) < 4.78 is 0. The quantitative estimate of drug-likeness (QED) is 0.224. The predicted molar refractivity (Wildman–Crippen MR) is 157 cm³/mol. The van der Waals surface area contributed by atoms with Crippen LogP contribution >= 0.6 is 11.8 Å². The molecule has 1 aromatic heterocycles. The highest BCUT2D eigenvalue weighted by atomic mass is 32.2. The summed E-state index contributed by atoms with van der Waals surface area (Å²) >= 11 is 1.96. The molecule has 1 nitrogen and oxygen atoms in total. The molecule has 0 saturated carbocycles. The highest BCUT2D eigenvalue weighted by molar-refractivity contribution is 8.00. The van der Waals surface area contributed by atoms with Crippen molar-refractivity contribution in [2.24, 2.45) is 10.8 Å². The van der Waals surface area contributed by atoms with Gasteiger partial charge in [0.05, 0.1) is 5.69 Å². The topological polar surface area (TPSA) is 12.9 Å². The zero-order valence-electron chi connectivity index (χ0n) is 22.5. The van der Waals surface area contributed by atoms with Gasteiger partial charge in [-0.15, -0.1) is 0 Å². The van der Waals surface area contributed by atoms with Crippen LogP contribution < -0.4 is 0 Å². The van der Waals surface area contributed by atoms with Gasteiger partial charge in [0.25, 0.3) is 0 Å². The predicted octanol–water partition coefficient (Wildman–Crippen LogP) is 10.2. The van der Waals surface area contributed by atoms with Gasteiger partial charge in [0.15, 0.2) is 0 Å². The van der Waals surface area contributed by atoms with Crippen LogP contribution in [-0.4, -0.2) is 4.98 Å². The highest BCUT2D eigenvalue weighted by Gasteiger charge is 2.28. The van der Waals surface area contributed by atoms with E-state index in [1.807, 2.05) is 18.0 Å². The van der Waals surface area contributed by atoms with Gasteiger partial charge < -0.3 is 0 Å². The Balaban J connectivity index is 1.71. The van der Waals surface area contributed by atoms with Crippen LogP contribution in [0.15, 0.2) is 70.6 Å². The number of hydrogen-bond donors (Lipinski definition) is 0. The third-order valence-electron chi connectivity index (χ3n) is 7.18. The van der Waals surface area contributed by atoms with E-state index in [2.05, 4.69) is 103 Å². The van der Waals surface area contributed by atoms with Crippen molar-refractivity contribution >= 4 is 44.1 Å². The lowest BCUT2D eigenvalue weighted by Gasteiger charge is -2.28. The second-order valence-corrected chi connectivity index (χ2v) is 14.1. The largest absolute Gasteiger partial charge is 0.256 e. The molecule has 0 radical (unpaired) electrons. The van der Waals surface area contributed by atoms with E-state index in [4.69, 9.17) is 4.98 Å². The second kappa shape index (κ2) is 8.08. The molecule has 0 spiro atoms. The van der Waals surface area contributed by atoms with Crippen molar-refractivity contribution in [3.63, 3.8) is 0 Å². The molecule has 0 fully saturated rings. The molecule has 0 atom stereocenters. The van der Waals surface area contributed by atoms with Crippen LogP contribution in [0.4, 0.5) is 0 Å². The molecule has 6 rings (SSSR count). The summed E-state index contributed by atoms with van der Waals surface area (Å²) in [4.78, 5) is 7.77. The van der Waals surface area contributed by atoms with Crippen LogP contribution in [0, 0.1) is 17.8 Å². The summed E-state index contributed by atoms with van der Waals surface area (Å²) in [6, 6.07) is 20.8. The van der Waals surface area contributed by atoms with Gasteiger partial charge in [0.2, 0.25) is 0 Å². The lowest BCUT2D eigenvalue weighted by molar-refractivity contribution is 0.410. The standard InChI is InChI=1S/C34H35NS/c1-20-11-12-24-23(15-20)16-26-31-30-25(13-14-35-31)29-21(9-8-10-22(29)18-33(2,3)4)17-28(30)36-32(26)27(24)19-34(5,6)7/h8-17H,18-19H2,1-7H3. The molecule has 1 aliphatic heterocycles. The third-order valence-corrected chi connectivity index (χ3v) is 8.39. The fraction of sp³-hybridized carbons (Fsp3) is 0.324. The number of fused-ring (bicyclic) bond motifs is 5. The SMILES string of the molecule is Cc1ccc2c(CC(C)(C)C)c3c(cc2c1)-c1nccc2c1c(cc1cccc(CC(C)(C)C)c12)S3. The molecule has 36 heavy (non-hydrogen) atoms. The van der Waals surface area contributed by atoms with E-state index in [0.29, 0.717) is 0 Å². The van der Waals surface area contributed by atoms with Gasteiger partial charge in [-0.3, -0.25) is 4.98 Å². The molecule has 0 unspecified atom stereocenters. The molecule has 0 N–H and O–H groups in total. The summed E-state index contributed by atoms with van der Waals surface area (Å²) in [6.45, 7) is 16.2. The van der Waals surface area contributed by atoms with E-state index >= 15 is 0 Å². The van der Waals surface area contributed by atoms with Gasteiger partial charge in [-0.05, 0) is 86.9 Å². The summed E-state index contributed by atoms with van der Waals surface area (Å²) in [5.41, 5.74) is 7.06. The first-order chi connectivity index (χ1) is 17.0. The van der Waals surface area contributed by atoms with Crippen molar-refractivity contribution in [2.75, 3.05) is 0 Å². The van der Waals surface area contributed by atoms with Gasteiger partial charge in [-0.1, -0.05) is 95.3 Å². The Hall–Kier alpha value is -2.84. The van der Waals surface area contributed by atoms with Gasteiger partial charge in [-0.2, -0.15) is 0 Å². The first-order valence-electron chi connectivity index (χ1n) is 13.1. The minimum atomic E-state index is 0.193. The molecule has 0 saturated heterocycles. The van der Waals surface area contributed by atoms with Gasteiger partial charge in [0, 0.05) is 26.9 Å². The maximum Gasteiger partial charge on any atom is 0.0803 e. The van der Waals surface area contributed by atoms with Crippen LogP contribution in [0.1, 0.15) is 58.2 Å². The van der Waals surface area contributed by atoms with Crippen molar-refractivity contribution in [1.29, 1.82) is 0 Å². The number of nitrogens with zero attached hydrogens (tertiary/aromatic N) is 1.